The maximum atomic E-state index is 5.71. The molecule has 0 aromatic rings. The van der Waals surface area contributed by atoms with Gasteiger partial charge in [-0.05, 0) is 0 Å². The predicted octanol–water partition coefficient (Wildman–Crippen LogP) is 1.16. The molecule has 0 aromatic carbocycles. The van der Waals surface area contributed by atoms with Gasteiger partial charge >= 0.3 is 8.11 Å². The first-order valence-electron chi connectivity index (χ1n) is 2.72. The predicted molar refractivity (Wildman–Crippen MR) is 41.8 cm³/mol. The number of halogens is 1. The number of rotatable bonds is 5. The lowest BCUT2D eigenvalue weighted by atomic mass is 10.7. The van der Waals surface area contributed by atoms with E-state index in [1.807, 2.05) is 0 Å². The van der Waals surface area contributed by atoms with Gasteiger partial charge in [0.15, 0.2) is 0 Å². The van der Waals surface area contributed by atoms with Crippen molar-refractivity contribution in [1.29, 1.82) is 0 Å². The van der Waals surface area contributed by atoms with Gasteiger partial charge in [-0.15, -0.1) is 6.58 Å². The van der Waals surface area contributed by atoms with Crippen molar-refractivity contribution in [3.05, 3.63) is 12.7 Å². The summed E-state index contributed by atoms with van der Waals surface area (Å²) >= 11 is 5.71. The molecule has 0 fully saturated rings. The van der Waals surface area contributed by atoms with Gasteiger partial charge in [0.2, 0.25) is 0 Å². The summed E-state index contributed by atoms with van der Waals surface area (Å²) in [5.41, 5.74) is 0. The maximum Gasteiger partial charge on any atom is 0.612 e. The second-order valence-corrected chi connectivity index (χ2v) is 4.95. The number of hydrogen-bond acceptors (Lipinski definition) is 3. The third-order valence-corrected chi connectivity index (χ3v) is 3.60. The van der Waals surface area contributed by atoms with Crippen molar-refractivity contribution >= 4 is 19.2 Å². The van der Waals surface area contributed by atoms with E-state index in [-0.39, 0.29) is 0 Å². The minimum Gasteiger partial charge on any atom is -0.365 e. The molecule has 5 heteroatoms. The molecule has 0 bridgehead atoms. The summed E-state index contributed by atoms with van der Waals surface area (Å²) in [6.45, 7) is 3.80. The SMILES string of the molecule is C=CCO[Si](Cl)(OC)OC. The molecular formula is C5H11ClO3Si. The van der Waals surface area contributed by atoms with Gasteiger partial charge in [-0.2, -0.15) is 0 Å². The van der Waals surface area contributed by atoms with Crippen LogP contribution in [0.4, 0.5) is 0 Å². The first-order valence-corrected chi connectivity index (χ1v) is 5.46. The Morgan fingerprint density at radius 1 is 1.50 bits per heavy atom. The molecule has 0 saturated carbocycles. The van der Waals surface area contributed by atoms with E-state index in [4.69, 9.17) is 24.4 Å². The van der Waals surface area contributed by atoms with Crippen LogP contribution in [-0.2, 0) is 13.3 Å². The molecular weight excluding hydrogens is 172 g/mol. The summed E-state index contributed by atoms with van der Waals surface area (Å²) in [7, 11) is 0.0831. The van der Waals surface area contributed by atoms with Crippen molar-refractivity contribution in [2.75, 3.05) is 20.8 Å². The molecule has 0 saturated heterocycles. The number of hydrogen-bond donors (Lipinski definition) is 0. The van der Waals surface area contributed by atoms with E-state index >= 15 is 0 Å². The first-order chi connectivity index (χ1) is 4.68. The lowest BCUT2D eigenvalue weighted by Crippen LogP contribution is -2.37. The molecule has 0 atom stereocenters. The molecule has 0 heterocycles. The highest BCUT2D eigenvalue weighted by molar-refractivity contribution is 7.09. The van der Waals surface area contributed by atoms with Gasteiger partial charge in [0.25, 0.3) is 0 Å². The van der Waals surface area contributed by atoms with Crippen LogP contribution in [0.2, 0.25) is 0 Å². The van der Waals surface area contributed by atoms with Gasteiger partial charge in [-0.3, -0.25) is 0 Å². The van der Waals surface area contributed by atoms with Crippen LogP contribution in [0.25, 0.3) is 0 Å². The molecule has 0 spiro atoms. The Morgan fingerprint density at radius 3 is 2.30 bits per heavy atom. The van der Waals surface area contributed by atoms with Gasteiger partial charge in [-0.1, -0.05) is 17.2 Å². The fraction of sp³-hybridized carbons (Fsp3) is 0.600. The van der Waals surface area contributed by atoms with E-state index in [0.717, 1.165) is 0 Å². The molecule has 10 heavy (non-hydrogen) atoms. The largest absolute Gasteiger partial charge is 0.612 e. The van der Waals surface area contributed by atoms with E-state index < -0.39 is 8.11 Å². The Bertz CT molecular complexity index is 105. The third kappa shape index (κ3) is 3.33. The minimum absolute atomic E-state index is 0.345. The van der Waals surface area contributed by atoms with Gasteiger partial charge in [-0.25, -0.2) is 0 Å². The first kappa shape index (κ1) is 10.1. The van der Waals surface area contributed by atoms with Crippen molar-refractivity contribution < 1.29 is 13.3 Å². The Hall–Kier alpha value is 0.127. The van der Waals surface area contributed by atoms with Crippen LogP contribution in [0.5, 0.6) is 0 Å². The lowest BCUT2D eigenvalue weighted by molar-refractivity contribution is 0.135. The van der Waals surface area contributed by atoms with E-state index in [0.29, 0.717) is 6.61 Å². The smallest absolute Gasteiger partial charge is 0.365 e. The zero-order valence-electron chi connectivity index (χ0n) is 6.09. The Labute approximate surface area is 66.6 Å². The molecule has 0 aliphatic heterocycles. The fourth-order valence-electron chi connectivity index (χ4n) is 0.360. The van der Waals surface area contributed by atoms with Crippen LogP contribution in [0.15, 0.2) is 12.7 Å². The van der Waals surface area contributed by atoms with Gasteiger partial charge < -0.3 is 13.3 Å². The molecule has 0 amide bonds. The summed E-state index contributed by atoms with van der Waals surface area (Å²) < 4.78 is 14.6. The standard InChI is InChI=1S/C5H11ClO3Si/c1-4-5-9-10(6,7-2)8-3/h4H,1,5H2,2-3H3. The summed E-state index contributed by atoms with van der Waals surface area (Å²) in [4.78, 5) is 0. The van der Waals surface area contributed by atoms with E-state index in [2.05, 4.69) is 6.58 Å². The van der Waals surface area contributed by atoms with Crippen molar-refractivity contribution in [3.63, 3.8) is 0 Å². The Balaban J connectivity index is 3.68. The summed E-state index contributed by atoms with van der Waals surface area (Å²) in [5.74, 6) is 0. The molecule has 0 radical (unpaired) electrons. The van der Waals surface area contributed by atoms with E-state index in [9.17, 15) is 0 Å². The molecule has 60 valence electrons. The lowest BCUT2D eigenvalue weighted by Gasteiger charge is -2.17. The van der Waals surface area contributed by atoms with Crippen LogP contribution in [0, 0.1) is 0 Å². The molecule has 0 N–H and O–H groups in total. The molecule has 0 aromatic heterocycles. The van der Waals surface area contributed by atoms with Crippen LogP contribution >= 0.6 is 11.1 Å². The van der Waals surface area contributed by atoms with Gasteiger partial charge in [0.1, 0.15) is 0 Å². The van der Waals surface area contributed by atoms with Crippen molar-refractivity contribution in [2.24, 2.45) is 0 Å². The van der Waals surface area contributed by atoms with E-state index in [1.165, 1.54) is 14.2 Å². The topological polar surface area (TPSA) is 27.7 Å². The van der Waals surface area contributed by atoms with Gasteiger partial charge in [0, 0.05) is 14.2 Å². The highest BCUT2D eigenvalue weighted by Gasteiger charge is 2.36. The van der Waals surface area contributed by atoms with Crippen LogP contribution in [-0.4, -0.2) is 28.9 Å². The summed E-state index contributed by atoms with van der Waals surface area (Å²) in [6, 6.07) is 0. The quantitative estimate of drug-likeness (QED) is 0.363. The summed E-state index contributed by atoms with van der Waals surface area (Å²) in [5, 5.41) is 0. The molecule has 0 aliphatic rings. The summed E-state index contributed by atoms with van der Waals surface area (Å²) in [6.07, 6.45) is 1.59. The monoisotopic (exact) mass is 182 g/mol. The third-order valence-electron chi connectivity index (χ3n) is 0.861. The molecule has 0 aliphatic carbocycles. The van der Waals surface area contributed by atoms with E-state index in [1.54, 1.807) is 6.08 Å². The Morgan fingerprint density at radius 2 is 2.00 bits per heavy atom. The van der Waals surface area contributed by atoms with Crippen molar-refractivity contribution in [2.45, 2.75) is 0 Å². The Kier molecular flexibility index (Phi) is 4.93. The average molecular weight is 183 g/mol. The van der Waals surface area contributed by atoms with Crippen LogP contribution < -0.4 is 0 Å². The minimum atomic E-state index is -2.82. The van der Waals surface area contributed by atoms with Crippen molar-refractivity contribution in [1.82, 2.24) is 0 Å². The van der Waals surface area contributed by atoms with Gasteiger partial charge in [0.05, 0.1) is 6.61 Å². The second kappa shape index (κ2) is 4.87. The highest BCUT2D eigenvalue weighted by Crippen LogP contribution is 2.11. The molecule has 0 rings (SSSR count). The second-order valence-electron chi connectivity index (χ2n) is 1.49. The zero-order chi connectivity index (χ0) is 8.04. The van der Waals surface area contributed by atoms with Crippen LogP contribution in [0.1, 0.15) is 0 Å². The fourth-order valence-corrected chi connectivity index (χ4v) is 1.27. The highest BCUT2D eigenvalue weighted by atomic mass is 35.6. The van der Waals surface area contributed by atoms with Crippen molar-refractivity contribution in [3.8, 4) is 0 Å². The normalized spacial score (nSPS) is 11.5. The molecule has 3 nitrogen and oxygen atoms in total. The maximum absolute atomic E-state index is 5.71. The molecule has 0 unspecified atom stereocenters. The van der Waals surface area contributed by atoms with Crippen LogP contribution in [0.3, 0.4) is 0 Å². The zero-order valence-corrected chi connectivity index (χ0v) is 7.85. The average Bonchev–Trinajstić information content (AvgIpc) is 2.00.